The van der Waals surface area contributed by atoms with Gasteiger partial charge in [0.05, 0.1) is 11.1 Å². The van der Waals surface area contributed by atoms with Crippen LogP contribution < -0.4 is 5.32 Å². The van der Waals surface area contributed by atoms with Crippen LogP contribution in [-0.4, -0.2) is 42.0 Å². The van der Waals surface area contributed by atoms with Gasteiger partial charge in [0.1, 0.15) is 5.82 Å². The van der Waals surface area contributed by atoms with E-state index in [-0.39, 0.29) is 36.5 Å². The number of carbonyl (C=O) groups is 1. The summed E-state index contributed by atoms with van der Waals surface area (Å²) in [7, 11) is 0. The highest BCUT2D eigenvalue weighted by molar-refractivity contribution is 6.06. The van der Waals surface area contributed by atoms with Gasteiger partial charge in [-0.05, 0) is 69.0 Å². The Morgan fingerprint density at radius 2 is 1.89 bits per heavy atom. The first-order chi connectivity index (χ1) is 12.7. The second kappa shape index (κ2) is 9.86. The van der Waals surface area contributed by atoms with Crippen LogP contribution in [0.4, 0.5) is 4.39 Å². The van der Waals surface area contributed by atoms with Gasteiger partial charge >= 0.3 is 0 Å². The van der Waals surface area contributed by atoms with Gasteiger partial charge in [0.2, 0.25) is 0 Å². The third-order valence-electron chi connectivity index (χ3n) is 5.60. The minimum absolute atomic E-state index is 0. The van der Waals surface area contributed by atoms with Gasteiger partial charge in [-0.1, -0.05) is 6.92 Å². The highest BCUT2D eigenvalue weighted by Crippen LogP contribution is 2.40. The molecule has 1 saturated carbocycles. The van der Waals surface area contributed by atoms with Crippen molar-refractivity contribution >= 4 is 41.6 Å². The summed E-state index contributed by atoms with van der Waals surface area (Å²) in [6.45, 7) is 5.66. The van der Waals surface area contributed by atoms with Crippen LogP contribution in [0.15, 0.2) is 24.3 Å². The Morgan fingerprint density at radius 1 is 1.18 bits per heavy atom. The summed E-state index contributed by atoms with van der Waals surface area (Å²) in [5.74, 6) is 0.790. The molecule has 154 valence electrons. The van der Waals surface area contributed by atoms with Gasteiger partial charge in [0, 0.05) is 30.1 Å². The first kappa shape index (κ1) is 22.9. The molecular weight excluding hydrogens is 400 g/mol. The van der Waals surface area contributed by atoms with E-state index < -0.39 is 0 Å². The van der Waals surface area contributed by atoms with Crippen LogP contribution in [0, 0.1) is 11.7 Å². The molecule has 4 rings (SSSR count). The van der Waals surface area contributed by atoms with Crippen LogP contribution in [0.3, 0.4) is 0 Å². The number of carbonyl (C=O) groups excluding carboxylic acids is 1. The topological polar surface area (TPSA) is 45.2 Å². The Balaban J connectivity index is 0.00000140. The van der Waals surface area contributed by atoms with Gasteiger partial charge in [-0.2, -0.15) is 0 Å². The zero-order valence-corrected chi connectivity index (χ0v) is 17.8. The molecule has 1 aliphatic heterocycles. The summed E-state index contributed by atoms with van der Waals surface area (Å²) in [5, 5.41) is 4.03. The van der Waals surface area contributed by atoms with Gasteiger partial charge in [0.25, 0.3) is 5.91 Å². The lowest BCUT2D eigenvalue weighted by Gasteiger charge is -2.32. The van der Waals surface area contributed by atoms with Crippen molar-refractivity contribution in [1.82, 2.24) is 15.2 Å². The molecular formula is C21H28Cl2FN3O. The molecule has 2 fully saturated rings. The van der Waals surface area contributed by atoms with Crippen LogP contribution in [0.1, 0.15) is 54.6 Å². The van der Waals surface area contributed by atoms with Crippen molar-refractivity contribution in [2.75, 3.05) is 26.2 Å². The van der Waals surface area contributed by atoms with E-state index >= 15 is 0 Å². The first-order valence-corrected chi connectivity index (χ1v) is 9.76. The van der Waals surface area contributed by atoms with Crippen LogP contribution in [0.5, 0.6) is 0 Å². The van der Waals surface area contributed by atoms with E-state index in [1.807, 2.05) is 11.0 Å². The number of piperidine rings is 1. The number of amides is 1. The highest BCUT2D eigenvalue weighted by atomic mass is 35.5. The van der Waals surface area contributed by atoms with E-state index in [1.54, 1.807) is 6.07 Å². The molecule has 2 aromatic rings. The minimum atomic E-state index is -0.322. The van der Waals surface area contributed by atoms with Crippen LogP contribution in [0.2, 0.25) is 0 Å². The molecule has 2 aliphatic rings. The summed E-state index contributed by atoms with van der Waals surface area (Å²) < 4.78 is 13.8. The molecule has 7 heteroatoms. The zero-order valence-electron chi connectivity index (χ0n) is 16.1. The Bertz CT molecular complexity index is 821. The summed E-state index contributed by atoms with van der Waals surface area (Å²) in [5.41, 5.74) is 2.32. The Hall–Kier alpha value is -1.43. The lowest BCUT2D eigenvalue weighted by molar-refractivity contribution is 0.0692. The van der Waals surface area contributed by atoms with E-state index in [0.29, 0.717) is 22.8 Å². The lowest BCUT2D eigenvalue weighted by Crippen LogP contribution is -2.40. The zero-order chi connectivity index (χ0) is 18.1. The SMILES string of the molecule is CCNCC1CCN(C(=O)c2cc(C3CC3)nc3ccc(F)cc23)CC1.Cl.Cl. The summed E-state index contributed by atoms with van der Waals surface area (Å²) in [6.07, 6.45) is 4.30. The Morgan fingerprint density at radius 3 is 2.54 bits per heavy atom. The maximum absolute atomic E-state index is 13.8. The van der Waals surface area contributed by atoms with Crippen molar-refractivity contribution in [2.24, 2.45) is 5.92 Å². The predicted molar refractivity (Wildman–Crippen MR) is 115 cm³/mol. The average Bonchev–Trinajstić information content (AvgIpc) is 3.51. The molecule has 1 saturated heterocycles. The summed E-state index contributed by atoms with van der Waals surface area (Å²) in [6, 6.07) is 6.47. The number of hydrogen-bond donors (Lipinski definition) is 1. The standard InChI is InChI=1S/C21H26FN3O.2ClH/c1-2-23-13-14-7-9-25(10-8-14)21(26)18-12-20(15-3-4-15)24-19-6-5-16(22)11-17(18)19;;/h5-6,11-12,14-15,23H,2-4,7-10,13H2,1H3;2*1H. The number of fused-ring (bicyclic) bond motifs is 1. The highest BCUT2D eigenvalue weighted by Gasteiger charge is 2.29. The van der Waals surface area contributed by atoms with Gasteiger partial charge in [-0.3, -0.25) is 9.78 Å². The van der Waals surface area contributed by atoms with Crippen LogP contribution in [0.25, 0.3) is 10.9 Å². The molecule has 1 aliphatic carbocycles. The number of rotatable bonds is 5. The summed E-state index contributed by atoms with van der Waals surface area (Å²) in [4.78, 5) is 19.8. The van der Waals surface area contributed by atoms with Gasteiger partial charge in [0.15, 0.2) is 0 Å². The molecule has 1 N–H and O–H groups in total. The van der Waals surface area contributed by atoms with E-state index in [9.17, 15) is 9.18 Å². The Kier molecular flexibility index (Phi) is 8.05. The number of nitrogens with one attached hydrogen (secondary N) is 1. The monoisotopic (exact) mass is 427 g/mol. The van der Waals surface area contributed by atoms with Crippen molar-refractivity contribution < 1.29 is 9.18 Å². The minimum Gasteiger partial charge on any atom is -0.339 e. The molecule has 28 heavy (non-hydrogen) atoms. The van der Waals surface area contributed by atoms with E-state index in [2.05, 4.69) is 17.2 Å². The number of pyridine rings is 1. The number of likely N-dealkylation sites (tertiary alicyclic amines) is 1. The third-order valence-corrected chi connectivity index (χ3v) is 5.60. The smallest absolute Gasteiger partial charge is 0.254 e. The van der Waals surface area contributed by atoms with E-state index in [1.165, 1.54) is 12.1 Å². The van der Waals surface area contributed by atoms with E-state index in [4.69, 9.17) is 0 Å². The molecule has 0 atom stereocenters. The second-order valence-corrected chi connectivity index (χ2v) is 7.57. The maximum Gasteiger partial charge on any atom is 0.254 e. The van der Waals surface area contributed by atoms with Crippen molar-refractivity contribution in [3.8, 4) is 0 Å². The quantitative estimate of drug-likeness (QED) is 0.760. The molecule has 4 nitrogen and oxygen atoms in total. The largest absolute Gasteiger partial charge is 0.339 e. The number of benzene rings is 1. The fourth-order valence-corrected chi connectivity index (χ4v) is 3.84. The normalized spacial score (nSPS) is 17.1. The van der Waals surface area contributed by atoms with Crippen molar-refractivity contribution in [3.63, 3.8) is 0 Å². The van der Waals surface area contributed by atoms with Gasteiger partial charge in [-0.15, -0.1) is 24.8 Å². The number of halogens is 3. The second-order valence-electron chi connectivity index (χ2n) is 7.57. The fourth-order valence-electron chi connectivity index (χ4n) is 3.84. The predicted octanol–water partition coefficient (Wildman–Crippen LogP) is 4.56. The number of nitrogens with zero attached hydrogens (tertiary/aromatic N) is 2. The molecule has 0 bridgehead atoms. The molecule has 0 spiro atoms. The Labute approximate surface area is 178 Å². The number of aromatic nitrogens is 1. The van der Waals surface area contributed by atoms with Crippen molar-refractivity contribution in [2.45, 2.75) is 38.5 Å². The third kappa shape index (κ3) is 4.94. The van der Waals surface area contributed by atoms with Gasteiger partial charge < -0.3 is 10.2 Å². The van der Waals surface area contributed by atoms with Crippen molar-refractivity contribution in [1.29, 1.82) is 0 Å². The van der Waals surface area contributed by atoms with Crippen molar-refractivity contribution in [3.05, 3.63) is 41.3 Å². The molecule has 1 aromatic carbocycles. The lowest BCUT2D eigenvalue weighted by atomic mass is 9.95. The number of hydrogen-bond acceptors (Lipinski definition) is 3. The molecule has 2 heterocycles. The molecule has 1 amide bonds. The molecule has 0 radical (unpaired) electrons. The molecule has 1 aromatic heterocycles. The maximum atomic E-state index is 13.8. The van der Waals surface area contributed by atoms with Gasteiger partial charge in [-0.25, -0.2) is 4.39 Å². The first-order valence-electron chi connectivity index (χ1n) is 9.76. The van der Waals surface area contributed by atoms with E-state index in [0.717, 1.165) is 63.1 Å². The average molecular weight is 428 g/mol. The fraction of sp³-hybridized carbons (Fsp3) is 0.524. The molecule has 0 unspecified atom stereocenters. The summed E-state index contributed by atoms with van der Waals surface area (Å²) >= 11 is 0. The van der Waals surface area contributed by atoms with Crippen LogP contribution in [-0.2, 0) is 0 Å². The van der Waals surface area contributed by atoms with Crippen LogP contribution >= 0.6 is 24.8 Å².